The maximum atomic E-state index is 8.35. The lowest BCUT2D eigenvalue weighted by Gasteiger charge is -2.64. The van der Waals surface area contributed by atoms with Crippen molar-refractivity contribution in [2.24, 2.45) is 22.5 Å². The summed E-state index contributed by atoms with van der Waals surface area (Å²) in [7, 11) is 0. The average molecular weight is 222 g/mol. The van der Waals surface area contributed by atoms with Gasteiger partial charge in [0.15, 0.2) is 0 Å². The Bertz CT molecular complexity index is 282. The Kier molecular flexibility index (Phi) is 2.52. The maximum absolute atomic E-state index is 8.35. The predicted molar refractivity (Wildman–Crippen MR) is 62.7 cm³/mol. The third-order valence-electron chi connectivity index (χ3n) is 4.67. The van der Waals surface area contributed by atoms with Crippen molar-refractivity contribution in [3.05, 3.63) is 0 Å². The second kappa shape index (κ2) is 3.41. The molecule has 0 aliphatic heterocycles. The normalized spacial score (nSPS) is 52.8. The quantitative estimate of drug-likeness (QED) is 0.488. The Balaban J connectivity index is 0.000000292. The van der Waals surface area contributed by atoms with Crippen LogP contribution in [0.25, 0.3) is 0 Å². The lowest BCUT2D eigenvalue weighted by molar-refractivity contribution is -0.104. The van der Waals surface area contributed by atoms with E-state index in [1.165, 1.54) is 38.5 Å². The number of hydrogen-bond donors (Lipinski definition) is 2. The molecule has 0 saturated heterocycles. The fraction of sp³-hybridized carbons (Fsp3) is 0.923. The molecule has 4 fully saturated rings. The number of rotatable bonds is 0. The van der Waals surface area contributed by atoms with Crippen LogP contribution in [-0.2, 0) is 4.79 Å². The molecule has 3 heteroatoms. The van der Waals surface area contributed by atoms with E-state index in [-0.39, 0.29) is 5.54 Å². The first-order chi connectivity index (χ1) is 7.32. The molecule has 0 spiro atoms. The van der Waals surface area contributed by atoms with Gasteiger partial charge in [0.05, 0.1) is 0 Å². The van der Waals surface area contributed by atoms with E-state index in [1.807, 2.05) is 0 Å². The van der Waals surface area contributed by atoms with Crippen molar-refractivity contribution in [1.82, 2.24) is 0 Å². The highest BCUT2D eigenvalue weighted by Crippen LogP contribution is 2.65. The molecule has 4 aliphatic carbocycles. The first-order valence-electron chi connectivity index (χ1n) is 6.15. The summed E-state index contributed by atoms with van der Waals surface area (Å²) >= 11 is 0. The van der Waals surface area contributed by atoms with Crippen LogP contribution < -0.4 is 5.73 Å². The predicted octanol–water partition coefficient (Wildman–Crippen LogP) is 2.60. The number of nitrogens with one attached hydrogen (secondary N) is 1. The van der Waals surface area contributed by atoms with Gasteiger partial charge in [0, 0.05) is 5.54 Å². The van der Waals surface area contributed by atoms with E-state index in [2.05, 4.69) is 13.8 Å². The zero-order chi connectivity index (χ0) is 12.0. The molecule has 2 unspecified atom stereocenters. The van der Waals surface area contributed by atoms with E-state index in [4.69, 9.17) is 15.9 Å². The molecule has 16 heavy (non-hydrogen) atoms. The number of isocyanates is 1. The highest BCUT2D eigenvalue weighted by molar-refractivity contribution is 5.26. The number of carbonyl (C=O) groups excluding carboxylic acids is 1. The van der Waals surface area contributed by atoms with Crippen molar-refractivity contribution < 1.29 is 4.79 Å². The second-order valence-corrected chi connectivity index (χ2v) is 7.09. The molecule has 3 nitrogen and oxygen atoms in total. The topological polar surface area (TPSA) is 66.9 Å². The molecule has 0 radical (unpaired) electrons. The zero-order valence-electron chi connectivity index (χ0n) is 10.3. The minimum absolute atomic E-state index is 0.225. The molecule has 0 aromatic carbocycles. The van der Waals surface area contributed by atoms with Gasteiger partial charge in [-0.2, -0.15) is 0 Å². The smallest absolute Gasteiger partial charge is 0.231 e. The van der Waals surface area contributed by atoms with Gasteiger partial charge in [-0.3, -0.25) is 0 Å². The molecule has 90 valence electrons. The molecular formula is C13H22N2O. The van der Waals surface area contributed by atoms with Gasteiger partial charge in [-0.25, -0.2) is 10.2 Å². The maximum Gasteiger partial charge on any atom is 0.231 e. The van der Waals surface area contributed by atoms with Gasteiger partial charge in [-0.05, 0) is 55.3 Å². The van der Waals surface area contributed by atoms with E-state index in [0.29, 0.717) is 10.8 Å². The van der Waals surface area contributed by atoms with Crippen LogP contribution in [0.1, 0.15) is 52.4 Å². The van der Waals surface area contributed by atoms with Crippen LogP contribution in [0.15, 0.2) is 0 Å². The molecule has 4 saturated carbocycles. The largest absolute Gasteiger partial charge is 0.325 e. The van der Waals surface area contributed by atoms with Crippen molar-refractivity contribution in [2.45, 2.75) is 57.9 Å². The Morgan fingerprint density at radius 2 is 1.56 bits per heavy atom. The van der Waals surface area contributed by atoms with E-state index >= 15 is 0 Å². The standard InChI is InChI=1S/C12H21N.CHNO/c1-10-3-9-4-11(2,6-10)8-12(13,5-9)7-10;2-1-3/h9H,3-8,13H2,1-2H3;2H. The highest BCUT2D eigenvalue weighted by atomic mass is 16.1. The molecule has 4 bridgehead atoms. The third-order valence-corrected chi connectivity index (χ3v) is 4.67. The summed E-state index contributed by atoms with van der Waals surface area (Å²) < 4.78 is 0. The van der Waals surface area contributed by atoms with Crippen LogP contribution in [0.5, 0.6) is 0 Å². The molecule has 0 aromatic heterocycles. The summed E-state index contributed by atoms with van der Waals surface area (Å²) in [6.07, 6.45) is 9.02. The van der Waals surface area contributed by atoms with Gasteiger partial charge in [-0.1, -0.05) is 13.8 Å². The van der Waals surface area contributed by atoms with Gasteiger partial charge in [0.25, 0.3) is 0 Å². The molecule has 3 N–H and O–H groups in total. The summed E-state index contributed by atoms with van der Waals surface area (Å²) in [6, 6.07) is 0. The highest BCUT2D eigenvalue weighted by Gasteiger charge is 2.58. The Morgan fingerprint density at radius 1 is 1.12 bits per heavy atom. The average Bonchev–Trinajstić information content (AvgIpc) is 1.93. The summed E-state index contributed by atoms with van der Waals surface area (Å²) in [5, 5.41) is 5.40. The second-order valence-electron chi connectivity index (χ2n) is 7.09. The monoisotopic (exact) mass is 222 g/mol. The third kappa shape index (κ3) is 1.94. The van der Waals surface area contributed by atoms with Crippen LogP contribution in [0.4, 0.5) is 0 Å². The fourth-order valence-electron chi connectivity index (χ4n) is 5.54. The molecular weight excluding hydrogens is 200 g/mol. The number of nitrogens with two attached hydrogens (primary N) is 1. The minimum atomic E-state index is 0.225. The fourth-order valence-corrected chi connectivity index (χ4v) is 5.54. The van der Waals surface area contributed by atoms with Crippen molar-refractivity contribution in [3.63, 3.8) is 0 Å². The molecule has 0 amide bonds. The van der Waals surface area contributed by atoms with E-state index in [1.54, 1.807) is 0 Å². The minimum Gasteiger partial charge on any atom is -0.325 e. The van der Waals surface area contributed by atoms with E-state index < -0.39 is 0 Å². The molecule has 4 aliphatic rings. The Hall–Kier alpha value is -0.660. The van der Waals surface area contributed by atoms with Gasteiger partial charge in [0.2, 0.25) is 6.08 Å². The van der Waals surface area contributed by atoms with Crippen molar-refractivity contribution in [3.8, 4) is 0 Å². The van der Waals surface area contributed by atoms with E-state index in [9.17, 15) is 0 Å². The van der Waals surface area contributed by atoms with Crippen molar-refractivity contribution >= 4 is 6.08 Å². The molecule has 4 rings (SSSR count). The lowest BCUT2D eigenvalue weighted by Crippen LogP contribution is -2.62. The van der Waals surface area contributed by atoms with Crippen molar-refractivity contribution in [2.75, 3.05) is 0 Å². The van der Waals surface area contributed by atoms with Crippen LogP contribution in [0.2, 0.25) is 0 Å². The van der Waals surface area contributed by atoms with Gasteiger partial charge < -0.3 is 5.73 Å². The van der Waals surface area contributed by atoms with Crippen LogP contribution in [-0.4, -0.2) is 11.6 Å². The summed E-state index contributed by atoms with van der Waals surface area (Å²) in [5.41, 5.74) is 7.92. The van der Waals surface area contributed by atoms with Gasteiger partial charge in [-0.15, -0.1) is 0 Å². The summed E-state index contributed by atoms with van der Waals surface area (Å²) in [5.74, 6) is 0.955. The molecule has 2 atom stereocenters. The number of hydrogen-bond acceptors (Lipinski definition) is 3. The first-order valence-corrected chi connectivity index (χ1v) is 6.15. The van der Waals surface area contributed by atoms with Crippen LogP contribution in [0.3, 0.4) is 0 Å². The summed E-state index contributed by atoms with van der Waals surface area (Å²) in [4.78, 5) is 8.35. The lowest BCUT2D eigenvalue weighted by atomic mass is 9.43. The SMILES string of the molecule is CC12CC3CC(C)(C1)CC(N)(C3)C2.N=C=O. The summed E-state index contributed by atoms with van der Waals surface area (Å²) in [6.45, 7) is 4.94. The first kappa shape index (κ1) is 11.8. The van der Waals surface area contributed by atoms with Gasteiger partial charge in [0.1, 0.15) is 0 Å². The zero-order valence-corrected chi connectivity index (χ0v) is 10.3. The van der Waals surface area contributed by atoms with Crippen molar-refractivity contribution in [1.29, 1.82) is 5.41 Å². The van der Waals surface area contributed by atoms with Crippen LogP contribution in [0, 0.1) is 22.2 Å². The Morgan fingerprint density at radius 3 is 1.88 bits per heavy atom. The van der Waals surface area contributed by atoms with Gasteiger partial charge >= 0.3 is 0 Å². The van der Waals surface area contributed by atoms with Crippen LogP contribution >= 0.6 is 0 Å². The Labute approximate surface area is 97.3 Å². The molecule has 0 heterocycles. The molecule has 0 aromatic rings. The van der Waals surface area contributed by atoms with E-state index in [0.717, 1.165) is 12.0 Å².